The molecule has 1 rings (SSSR count). The highest BCUT2D eigenvalue weighted by molar-refractivity contribution is 5.35. The fraction of sp³-hybridized carbons (Fsp3) is 0.200. The third-order valence-corrected chi connectivity index (χ3v) is 1.70. The molecule has 4 heteroatoms. The van der Waals surface area contributed by atoms with Gasteiger partial charge in [0.1, 0.15) is 0 Å². The summed E-state index contributed by atoms with van der Waals surface area (Å²) in [5.41, 5.74) is 0.264. The number of aliphatic hydroxyl groups excluding tert-OH is 1. The molecule has 1 nitrogen and oxygen atoms in total. The monoisotopic (exact) mass is 200 g/mol. The molecule has 1 atom stereocenters. The second kappa shape index (κ2) is 3.72. The molecule has 0 aliphatic rings. The van der Waals surface area contributed by atoms with Crippen LogP contribution in [0.15, 0.2) is 24.3 Å². The Kier molecular flexibility index (Phi) is 2.82. The van der Waals surface area contributed by atoms with Crippen LogP contribution in [-0.2, 0) is 0 Å². The Morgan fingerprint density at radius 1 is 1.21 bits per heavy atom. The first kappa shape index (κ1) is 10.6. The maximum Gasteiger partial charge on any atom is 0.418 e. The van der Waals surface area contributed by atoms with E-state index in [1.54, 1.807) is 0 Å². The highest BCUT2D eigenvalue weighted by Crippen LogP contribution is 2.32. The van der Waals surface area contributed by atoms with Crippen molar-refractivity contribution >= 4 is 0 Å². The predicted molar refractivity (Wildman–Crippen MR) is 45.4 cm³/mol. The lowest BCUT2D eigenvalue weighted by atomic mass is 10.1. The molecule has 0 amide bonds. The number of hydrogen-bond acceptors (Lipinski definition) is 1. The van der Waals surface area contributed by atoms with Crippen molar-refractivity contribution in [1.29, 1.82) is 0 Å². The summed E-state index contributed by atoms with van der Waals surface area (Å²) in [6.45, 7) is 0. The van der Waals surface area contributed by atoms with Crippen molar-refractivity contribution in [1.82, 2.24) is 0 Å². The van der Waals surface area contributed by atoms with Gasteiger partial charge in [-0.1, -0.05) is 18.1 Å². The molecule has 1 N–H and O–H groups in total. The van der Waals surface area contributed by atoms with Gasteiger partial charge in [0.25, 0.3) is 0 Å². The van der Waals surface area contributed by atoms with Gasteiger partial charge >= 0.3 is 6.18 Å². The number of hydrogen-bond donors (Lipinski definition) is 1. The van der Waals surface area contributed by atoms with E-state index in [1.807, 2.05) is 0 Å². The van der Waals surface area contributed by atoms with Gasteiger partial charge in [0, 0.05) is 5.56 Å². The maximum absolute atomic E-state index is 12.0. The van der Waals surface area contributed by atoms with Gasteiger partial charge in [-0.05, 0) is 17.7 Å². The Bertz CT molecular complexity index is 345. The SMILES string of the molecule is C#Cc1ccc([C@H](O)C(F)(F)F)cc1. The molecule has 0 radical (unpaired) electrons. The summed E-state index contributed by atoms with van der Waals surface area (Å²) in [6.07, 6.45) is -2.06. The summed E-state index contributed by atoms with van der Waals surface area (Å²) in [4.78, 5) is 0. The van der Waals surface area contributed by atoms with Crippen LogP contribution in [0.3, 0.4) is 0 Å². The van der Waals surface area contributed by atoms with E-state index >= 15 is 0 Å². The van der Waals surface area contributed by atoms with E-state index in [-0.39, 0.29) is 5.56 Å². The van der Waals surface area contributed by atoms with Crippen LogP contribution < -0.4 is 0 Å². The molecular weight excluding hydrogens is 193 g/mol. The number of halogens is 3. The summed E-state index contributed by atoms with van der Waals surface area (Å²) < 4.78 is 36.1. The van der Waals surface area contributed by atoms with Gasteiger partial charge in [-0.3, -0.25) is 0 Å². The van der Waals surface area contributed by atoms with Gasteiger partial charge in [0.2, 0.25) is 0 Å². The lowest BCUT2D eigenvalue weighted by molar-refractivity contribution is -0.206. The van der Waals surface area contributed by atoms with Crippen molar-refractivity contribution in [3.8, 4) is 12.3 Å². The van der Waals surface area contributed by atoms with Gasteiger partial charge in [-0.2, -0.15) is 13.2 Å². The molecule has 0 fully saturated rings. The zero-order valence-electron chi connectivity index (χ0n) is 7.05. The zero-order chi connectivity index (χ0) is 10.8. The topological polar surface area (TPSA) is 20.2 Å². The van der Waals surface area contributed by atoms with E-state index in [0.717, 1.165) is 12.1 Å². The van der Waals surface area contributed by atoms with E-state index in [1.165, 1.54) is 12.1 Å². The van der Waals surface area contributed by atoms with Crippen LogP contribution in [0.5, 0.6) is 0 Å². The number of aliphatic hydroxyl groups is 1. The predicted octanol–water partition coefficient (Wildman–Crippen LogP) is 2.26. The normalized spacial score (nSPS) is 13.4. The summed E-state index contributed by atoms with van der Waals surface area (Å²) in [7, 11) is 0. The second-order valence-corrected chi connectivity index (χ2v) is 2.71. The third kappa shape index (κ3) is 2.27. The lowest BCUT2D eigenvalue weighted by Gasteiger charge is -2.14. The van der Waals surface area contributed by atoms with Crippen molar-refractivity contribution in [2.45, 2.75) is 12.3 Å². The van der Waals surface area contributed by atoms with E-state index in [9.17, 15) is 13.2 Å². The molecular formula is C10H7F3O. The van der Waals surface area contributed by atoms with Crippen LogP contribution in [0.4, 0.5) is 13.2 Å². The van der Waals surface area contributed by atoms with E-state index < -0.39 is 12.3 Å². The minimum absolute atomic E-state index is 0.212. The number of terminal acetylenes is 1. The fourth-order valence-electron chi connectivity index (χ4n) is 0.951. The smallest absolute Gasteiger partial charge is 0.379 e. The number of alkyl halides is 3. The van der Waals surface area contributed by atoms with Crippen molar-refractivity contribution < 1.29 is 18.3 Å². The molecule has 1 aromatic carbocycles. The van der Waals surface area contributed by atoms with Crippen LogP contribution in [0, 0.1) is 12.3 Å². The highest BCUT2D eigenvalue weighted by Gasteiger charge is 2.39. The largest absolute Gasteiger partial charge is 0.418 e. The van der Waals surface area contributed by atoms with Crippen molar-refractivity contribution in [3.63, 3.8) is 0 Å². The van der Waals surface area contributed by atoms with Crippen molar-refractivity contribution in [2.75, 3.05) is 0 Å². The molecule has 14 heavy (non-hydrogen) atoms. The van der Waals surface area contributed by atoms with Gasteiger partial charge in [-0.15, -0.1) is 6.42 Å². The molecule has 0 heterocycles. The van der Waals surface area contributed by atoms with E-state index in [0.29, 0.717) is 5.56 Å². The summed E-state index contributed by atoms with van der Waals surface area (Å²) >= 11 is 0. The standard InChI is InChI=1S/C10H7F3O/c1-2-7-3-5-8(6-4-7)9(14)10(11,12)13/h1,3-6,9,14H/t9-/m0/s1. The fourth-order valence-corrected chi connectivity index (χ4v) is 0.951. The molecule has 0 saturated carbocycles. The Labute approximate surface area is 79.2 Å². The average molecular weight is 200 g/mol. The molecule has 0 aromatic heterocycles. The first-order valence-corrected chi connectivity index (χ1v) is 3.76. The average Bonchev–Trinajstić information content (AvgIpc) is 2.15. The summed E-state index contributed by atoms with van der Waals surface area (Å²) in [5.74, 6) is 2.27. The van der Waals surface area contributed by atoms with Crippen LogP contribution in [0.25, 0.3) is 0 Å². The zero-order valence-corrected chi connectivity index (χ0v) is 7.05. The molecule has 0 saturated heterocycles. The Morgan fingerprint density at radius 3 is 2.07 bits per heavy atom. The Hall–Kier alpha value is -1.47. The van der Waals surface area contributed by atoms with Gasteiger partial charge in [0.15, 0.2) is 6.10 Å². The maximum atomic E-state index is 12.0. The van der Waals surface area contributed by atoms with Crippen molar-refractivity contribution in [2.24, 2.45) is 0 Å². The van der Waals surface area contributed by atoms with Crippen LogP contribution in [-0.4, -0.2) is 11.3 Å². The van der Waals surface area contributed by atoms with Crippen LogP contribution in [0.2, 0.25) is 0 Å². The number of benzene rings is 1. The summed E-state index contributed by atoms with van der Waals surface area (Å²) in [6, 6.07) is 5.02. The minimum atomic E-state index is -4.64. The van der Waals surface area contributed by atoms with Gasteiger partial charge in [0.05, 0.1) is 0 Å². The first-order valence-electron chi connectivity index (χ1n) is 3.76. The van der Waals surface area contributed by atoms with Crippen LogP contribution in [0.1, 0.15) is 17.2 Å². The Balaban J connectivity index is 2.94. The number of rotatable bonds is 1. The Morgan fingerprint density at radius 2 is 1.71 bits per heavy atom. The molecule has 0 aliphatic carbocycles. The second-order valence-electron chi connectivity index (χ2n) is 2.71. The van der Waals surface area contributed by atoms with Crippen molar-refractivity contribution in [3.05, 3.63) is 35.4 Å². The quantitative estimate of drug-likeness (QED) is 0.689. The van der Waals surface area contributed by atoms with Gasteiger partial charge in [-0.25, -0.2) is 0 Å². The molecule has 74 valence electrons. The molecule has 0 spiro atoms. The minimum Gasteiger partial charge on any atom is -0.379 e. The third-order valence-electron chi connectivity index (χ3n) is 1.70. The molecule has 0 bridgehead atoms. The van der Waals surface area contributed by atoms with Crippen LogP contribution >= 0.6 is 0 Å². The van der Waals surface area contributed by atoms with E-state index in [2.05, 4.69) is 5.92 Å². The molecule has 1 aromatic rings. The first-order chi connectivity index (χ1) is 6.45. The molecule has 0 aliphatic heterocycles. The summed E-state index contributed by atoms with van der Waals surface area (Å²) in [5, 5.41) is 8.84. The lowest BCUT2D eigenvalue weighted by Crippen LogP contribution is -2.19. The van der Waals surface area contributed by atoms with E-state index in [4.69, 9.17) is 11.5 Å². The van der Waals surface area contributed by atoms with Gasteiger partial charge < -0.3 is 5.11 Å². The molecule has 0 unspecified atom stereocenters. The highest BCUT2D eigenvalue weighted by atomic mass is 19.4.